The van der Waals surface area contributed by atoms with Crippen LogP contribution in [-0.2, 0) is 9.47 Å². The first kappa shape index (κ1) is 16.4. The summed E-state index contributed by atoms with van der Waals surface area (Å²) in [6, 6.07) is 0. The molecular weight excluding hydrogens is 347 g/mol. The molecule has 140 valence electrons. The molecule has 8 heteroatoms. The molecule has 1 saturated heterocycles. The summed E-state index contributed by atoms with van der Waals surface area (Å²) in [7, 11) is 0. The summed E-state index contributed by atoms with van der Waals surface area (Å²) in [6.07, 6.45) is -0.956. The molecule has 25 heavy (non-hydrogen) atoms. The third-order valence-electron chi connectivity index (χ3n) is 7.42. The zero-order valence-electron chi connectivity index (χ0n) is 13.3. The molecule has 3 saturated carbocycles. The fraction of sp³-hybridized carbons (Fsp3) is 0.882. The Morgan fingerprint density at radius 2 is 1.60 bits per heavy atom. The highest BCUT2D eigenvalue weighted by molar-refractivity contribution is 5.22. The van der Waals surface area contributed by atoms with Gasteiger partial charge in [0.05, 0.1) is 0 Å². The van der Waals surface area contributed by atoms with Crippen molar-refractivity contribution in [3.63, 3.8) is 0 Å². The average Bonchev–Trinajstić information content (AvgIpc) is 3.26. The molecule has 4 bridgehead atoms. The Bertz CT molecular complexity index is 620. The smallest absolute Gasteiger partial charge is 0.354 e. The van der Waals surface area contributed by atoms with E-state index in [9.17, 15) is 27.1 Å². The lowest BCUT2D eigenvalue weighted by Gasteiger charge is -2.48. The van der Waals surface area contributed by atoms with Crippen molar-refractivity contribution in [2.24, 2.45) is 41.4 Å². The van der Waals surface area contributed by atoms with Crippen LogP contribution in [0.25, 0.3) is 0 Å². The van der Waals surface area contributed by atoms with Crippen LogP contribution in [0.2, 0.25) is 0 Å². The van der Waals surface area contributed by atoms with Crippen molar-refractivity contribution < 1.29 is 36.5 Å². The minimum atomic E-state index is -5.59. The number of fused-ring (bicyclic) bond motifs is 9. The second-order valence-corrected chi connectivity index (χ2v) is 8.28. The Labute approximate surface area is 141 Å². The van der Waals surface area contributed by atoms with Crippen LogP contribution in [0.3, 0.4) is 0 Å². The first-order valence-electron chi connectivity index (χ1n) is 8.76. The van der Waals surface area contributed by atoms with E-state index in [0.717, 1.165) is 12.8 Å². The van der Waals surface area contributed by atoms with Crippen molar-refractivity contribution in [3.8, 4) is 0 Å². The highest BCUT2D eigenvalue weighted by Gasteiger charge is 2.78. The molecule has 0 spiro atoms. The van der Waals surface area contributed by atoms with Gasteiger partial charge in [-0.15, -0.1) is 0 Å². The van der Waals surface area contributed by atoms with Crippen LogP contribution in [0.15, 0.2) is 12.2 Å². The Balaban J connectivity index is 1.46. The van der Waals surface area contributed by atoms with Crippen LogP contribution in [0, 0.1) is 41.4 Å². The average molecular weight is 366 g/mol. The van der Waals surface area contributed by atoms with Crippen molar-refractivity contribution >= 4 is 0 Å². The molecule has 3 nitrogen and oxygen atoms in total. The first-order chi connectivity index (χ1) is 11.6. The summed E-state index contributed by atoms with van der Waals surface area (Å²) in [6.45, 7) is -0.982. The Hall–Kier alpha value is -0.730. The fourth-order valence-electron chi connectivity index (χ4n) is 6.66. The van der Waals surface area contributed by atoms with Gasteiger partial charge >= 0.3 is 17.9 Å². The Morgan fingerprint density at radius 3 is 2.28 bits per heavy atom. The topological polar surface area (TPSA) is 38.7 Å². The highest BCUT2D eigenvalue weighted by atomic mass is 19.4. The Kier molecular flexibility index (Phi) is 3.13. The van der Waals surface area contributed by atoms with Gasteiger partial charge in [0.25, 0.3) is 0 Å². The van der Waals surface area contributed by atoms with Gasteiger partial charge in [-0.1, -0.05) is 12.2 Å². The van der Waals surface area contributed by atoms with Gasteiger partial charge < -0.3 is 14.6 Å². The molecule has 9 unspecified atom stereocenters. The highest BCUT2D eigenvalue weighted by Crippen LogP contribution is 2.68. The number of hydrogen-bond acceptors (Lipinski definition) is 3. The van der Waals surface area contributed by atoms with Gasteiger partial charge in [-0.2, -0.15) is 22.0 Å². The van der Waals surface area contributed by atoms with Crippen molar-refractivity contribution in [2.45, 2.75) is 43.3 Å². The third kappa shape index (κ3) is 1.86. The van der Waals surface area contributed by atoms with Gasteiger partial charge in [0.2, 0.25) is 0 Å². The Morgan fingerprint density at radius 1 is 0.960 bits per heavy atom. The number of aliphatic hydroxyl groups is 1. The predicted molar refractivity (Wildman–Crippen MR) is 74.2 cm³/mol. The molecule has 9 atom stereocenters. The maximum atomic E-state index is 14.7. The van der Waals surface area contributed by atoms with Gasteiger partial charge in [0, 0.05) is 0 Å². The number of alkyl halides is 5. The molecule has 4 fully saturated rings. The second kappa shape index (κ2) is 4.75. The van der Waals surface area contributed by atoms with E-state index >= 15 is 0 Å². The molecule has 5 rings (SSSR count). The van der Waals surface area contributed by atoms with Crippen molar-refractivity contribution in [3.05, 3.63) is 12.2 Å². The summed E-state index contributed by atoms with van der Waals surface area (Å²) < 4.78 is 77.6. The van der Waals surface area contributed by atoms with Gasteiger partial charge in [-0.25, -0.2) is 0 Å². The summed E-state index contributed by atoms with van der Waals surface area (Å²) in [4.78, 5) is 0. The molecular formula is C17H19F5O3. The molecule has 1 N–H and O–H groups in total. The van der Waals surface area contributed by atoms with E-state index in [1.165, 1.54) is 0 Å². The van der Waals surface area contributed by atoms with Crippen LogP contribution in [0.4, 0.5) is 22.0 Å². The van der Waals surface area contributed by atoms with E-state index in [4.69, 9.17) is 4.74 Å². The van der Waals surface area contributed by atoms with Crippen molar-refractivity contribution in [1.29, 1.82) is 0 Å². The second-order valence-electron chi connectivity index (χ2n) is 8.28. The first-order valence-corrected chi connectivity index (χ1v) is 8.76. The zero-order chi connectivity index (χ0) is 17.8. The minimum absolute atomic E-state index is 0.0681. The summed E-state index contributed by atoms with van der Waals surface area (Å²) >= 11 is 0. The van der Waals surface area contributed by atoms with Crippen LogP contribution >= 0.6 is 0 Å². The maximum absolute atomic E-state index is 14.7. The minimum Gasteiger partial charge on any atom is -0.354 e. The van der Waals surface area contributed by atoms with E-state index < -0.39 is 36.7 Å². The zero-order valence-corrected chi connectivity index (χ0v) is 13.3. The van der Waals surface area contributed by atoms with Crippen LogP contribution in [0.5, 0.6) is 0 Å². The lowest BCUT2D eigenvalue weighted by Crippen LogP contribution is -2.70. The molecule has 0 radical (unpaired) electrons. The number of hydrogen-bond donors (Lipinski definition) is 1. The summed E-state index contributed by atoms with van der Waals surface area (Å²) in [5, 5.41) is 9.64. The van der Waals surface area contributed by atoms with Crippen molar-refractivity contribution in [2.75, 3.05) is 6.79 Å². The van der Waals surface area contributed by atoms with Gasteiger partial charge in [0.15, 0.2) is 6.79 Å². The largest absolute Gasteiger partial charge is 0.449 e. The molecule has 1 heterocycles. The molecule has 0 amide bonds. The normalized spacial score (nSPS) is 55.8. The lowest BCUT2D eigenvalue weighted by atomic mass is 9.67. The molecule has 0 aromatic carbocycles. The number of ether oxygens (including phenoxy) is 2. The SMILES string of the molecule is OC1(C(F)(F)F)OCOC(C2CC3CC2C2C4C=CC(C4)C32)C1(F)F. The number of halogens is 5. The number of rotatable bonds is 1. The summed E-state index contributed by atoms with van der Waals surface area (Å²) in [5.74, 6) is -7.92. The monoisotopic (exact) mass is 366 g/mol. The summed E-state index contributed by atoms with van der Waals surface area (Å²) in [5.41, 5.74) is 0. The number of allylic oxidation sites excluding steroid dienone is 2. The standard InChI is InChI=1S/C17H19F5O3/c18-15(19)14(24-6-25-16(15,23)17(20,21)22)11-5-9-4-10(11)13-8-2-1-7(3-8)12(9)13/h1-2,7-14,23H,3-6H2. The van der Waals surface area contributed by atoms with E-state index in [-0.39, 0.29) is 17.8 Å². The van der Waals surface area contributed by atoms with Crippen molar-refractivity contribution in [1.82, 2.24) is 0 Å². The van der Waals surface area contributed by atoms with Gasteiger partial charge in [-0.3, -0.25) is 0 Å². The van der Waals surface area contributed by atoms with Gasteiger partial charge in [0.1, 0.15) is 6.10 Å². The predicted octanol–water partition coefficient (Wildman–Crippen LogP) is 3.34. The van der Waals surface area contributed by atoms with Crippen LogP contribution in [-0.4, -0.2) is 35.9 Å². The molecule has 4 aliphatic carbocycles. The third-order valence-corrected chi connectivity index (χ3v) is 7.42. The quantitative estimate of drug-likeness (QED) is 0.440. The van der Waals surface area contributed by atoms with E-state index in [1.807, 2.05) is 0 Å². The molecule has 1 aliphatic heterocycles. The fourth-order valence-corrected chi connectivity index (χ4v) is 6.66. The maximum Gasteiger partial charge on any atom is 0.449 e. The lowest BCUT2D eigenvalue weighted by molar-refractivity contribution is -0.488. The van der Waals surface area contributed by atoms with E-state index in [0.29, 0.717) is 24.2 Å². The molecule has 0 aromatic rings. The molecule has 0 aromatic heterocycles. The van der Waals surface area contributed by atoms with Crippen LogP contribution < -0.4 is 0 Å². The van der Waals surface area contributed by atoms with E-state index in [1.54, 1.807) is 0 Å². The molecule has 5 aliphatic rings. The van der Waals surface area contributed by atoms with Gasteiger partial charge in [-0.05, 0) is 60.7 Å². The van der Waals surface area contributed by atoms with Crippen LogP contribution in [0.1, 0.15) is 19.3 Å². The van der Waals surface area contributed by atoms with E-state index in [2.05, 4.69) is 16.9 Å².